The molecule has 0 bridgehead atoms. The third-order valence-electron chi connectivity index (χ3n) is 1.90. The summed E-state index contributed by atoms with van der Waals surface area (Å²) in [5, 5.41) is 11.6. The number of nitrogens with one attached hydrogen (secondary N) is 1. The first kappa shape index (κ1) is 14.7. The van der Waals surface area contributed by atoms with E-state index >= 15 is 0 Å². The minimum Gasteiger partial charge on any atom is -0.449 e. The van der Waals surface area contributed by atoms with Crippen molar-refractivity contribution < 1.29 is 9.82 Å². The maximum atomic E-state index is 11.2. The highest BCUT2D eigenvalue weighted by molar-refractivity contribution is 6.45. The Bertz CT molecular complexity index is 298. The molecule has 0 aliphatic carbocycles. The molecular formula is C12H20BNO2. The van der Waals surface area contributed by atoms with Gasteiger partial charge in [-0.15, -0.1) is 0 Å². The van der Waals surface area contributed by atoms with Crippen molar-refractivity contribution in [2.45, 2.75) is 33.6 Å². The molecule has 0 aliphatic rings. The number of anilines is 1. The summed E-state index contributed by atoms with van der Waals surface area (Å²) in [4.78, 5) is 11.2. The number of hydrogen-bond donors (Lipinski definition) is 2. The van der Waals surface area contributed by atoms with Crippen LogP contribution in [-0.4, -0.2) is 18.4 Å². The molecule has 0 spiro atoms. The van der Waals surface area contributed by atoms with Crippen LogP contribution in [-0.2, 0) is 4.79 Å². The summed E-state index contributed by atoms with van der Waals surface area (Å²) in [6.45, 7) is 5.97. The van der Waals surface area contributed by atoms with Gasteiger partial charge in [-0.2, -0.15) is 0 Å². The van der Waals surface area contributed by atoms with Crippen LogP contribution in [0.15, 0.2) is 24.3 Å². The first-order chi connectivity index (χ1) is 7.76. The smallest absolute Gasteiger partial charge is 0.304 e. The van der Waals surface area contributed by atoms with Crippen LogP contribution in [0.5, 0.6) is 0 Å². The summed E-state index contributed by atoms with van der Waals surface area (Å²) in [5.74, 6) is 0.0317. The molecule has 0 atom stereocenters. The Balaban J connectivity index is 0.00000106. The zero-order chi connectivity index (χ0) is 12.4. The summed E-state index contributed by atoms with van der Waals surface area (Å²) in [6, 6.07) is 7.17. The first-order valence-electron chi connectivity index (χ1n) is 5.76. The van der Waals surface area contributed by atoms with Gasteiger partial charge >= 0.3 is 7.48 Å². The summed E-state index contributed by atoms with van der Waals surface area (Å²) < 4.78 is 0. The van der Waals surface area contributed by atoms with Crippen LogP contribution in [0.4, 0.5) is 5.69 Å². The topological polar surface area (TPSA) is 49.3 Å². The van der Waals surface area contributed by atoms with E-state index < -0.39 is 0 Å². The Hall–Kier alpha value is -1.29. The van der Waals surface area contributed by atoms with E-state index in [1.807, 2.05) is 20.8 Å². The predicted molar refractivity (Wildman–Crippen MR) is 70.3 cm³/mol. The number of carbonyl (C=O) groups is 1. The number of carbonyl (C=O) groups excluding carboxylic acids is 1. The largest absolute Gasteiger partial charge is 0.449 e. The summed E-state index contributed by atoms with van der Waals surface area (Å²) in [7, 11) is 0.0309. The molecule has 0 unspecified atom stereocenters. The molecule has 0 aliphatic heterocycles. The summed E-state index contributed by atoms with van der Waals surface area (Å²) in [6.07, 6.45) is 1.39. The number of amides is 1. The molecule has 1 aromatic rings. The highest BCUT2D eigenvalue weighted by atomic mass is 16.2. The average Bonchev–Trinajstić information content (AvgIpc) is 2.33. The molecule has 0 fully saturated rings. The number of benzene rings is 1. The lowest BCUT2D eigenvalue weighted by molar-refractivity contribution is -0.116. The van der Waals surface area contributed by atoms with Crippen molar-refractivity contribution >= 4 is 24.5 Å². The lowest BCUT2D eigenvalue weighted by Crippen LogP contribution is -2.14. The number of hydrogen-bond acceptors (Lipinski definition) is 2. The number of rotatable bonds is 4. The highest BCUT2D eigenvalue weighted by Crippen LogP contribution is 2.04. The third-order valence-corrected chi connectivity index (χ3v) is 1.90. The van der Waals surface area contributed by atoms with Crippen LogP contribution in [0.3, 0.4) is 0 Å². The fourth-order valence-electron chi connectivity index (χ4n) is 1.14. The standard InChI is InChI=1S/C10H14BNO2.C2H6/c1-2-3-10(13)12-9-6-4-8(11-14)5-7-9;1-2/h4-7,11,14H,2-3H2,1H3,(H,12,13);1-2H3. The van der Waals surface area contributed by atoms with Crippen molar-refractivity contribution in [3.05, 3.63) is 24.3 Å². The van der Waals surface area contributed by atoms with E-state index in [0.717, 1.165) is 17.6 Å². The fraction of sp³-hybridized carbons (Fsp3) is 0.417. The molecule has 4 heteroatoms. The molecular weight excluding hydrogens is 201 g/mol. The van der Waals surface area contributed by atoms with Gasteiger partial charge in [0.15, 0.2) is 0 Å². The molecule has 0 saturated carbocycles. The second kappa shape index (κ2) is 8.98. The molecule has 0 radical (unpaired) electrons. The fourth-order valence-corrected chi connectivity index (χ4v) is 1.14. The van der Waals surface area contributed by atoms with Gasteiger partial charge in [-0.3, -0.25) is 4.79 Å². The van der Waals surface area contributed by atoms with Gasteiger partial charge in [-0.1, -0.05) is 38.4 Å². The quantitative estimate of drug-likeness (QED) is 0.755. The van der Waals surface area contributed by atoms with Crippen molar-refractivity contribution in [1.29, 1.82) is 0 Å². The minimum absolute atomic E-state index is 0.0309. The lowest BCUT2D eigenvalue weighted by Gasteiger charge is -2.04. The van der Waals surface area contributed by atoms with E-state index in [9.17, 15) is 4.79 Å². The van der Waals surface area contributed by atoms with E-state index in [1.54, 1.807) is 24.3 Å². The van der Waals surface area contributed by atoms with Gasteiger partial charge in [0.05, 0.1) is 0 Å². The van der Waals surface area contributed by atoms with Crippen LogP contribution in [0.2, 0.25) is 0 Å². The van der Waals surface area contributed by atoms with Gasteiger partial charge in [0.25, 0.3) is 0 Å². The van der Waals surface area contributed by atoms with Crippen molar-refractivity contribution in [2.24, 2.45) is 0 Å². The van der Waals surface area contributed by atoms with E-state index in [4.69, 9.17) is 5.02 Å². The Morgan fingerprint density at radius 2 is 1.88 bits per heavy atom. The molecule has 16 heavy (non-hydrogen) atoms. The van der Waals surface area contributed by atoms with Gasteiger partial charge in [0.1, 0.15) is 0 Å². The van der Waals surface area contributed by atoms with Gasteiger partial charge < -0.3 is 10.3 Å². The average molecular weight is 221 g/mol. The lowest BCUT2D eigenvalue weighted by atomic mass is 9.89. The summed E-state index contributed by atoms with van der Waals surface area (Å²) >= 11 is 0. The molecule has 0 saturated heterocycles. The third kappa shape index (κ3) is 5.56. The van der Waals surface area contributed by atoms with Crippen LogP contribution in [0.1, 0.15) is 33.6 Å². The molecule has 1 aromatic carbocycles. The minimum atomic E-state index is 0.0309. The Labute approximate surface area is 98.2 Å². The molecule has 2 N–H and O–H groups in total. The zero-order valence-electron chi connectivity index (χ0n) is 10.3. The van der Waals surface area contributed by atoms with Gasteiger partial charge in [0.2, 0.25) is 5.91 Å². The maximum Gasteiger partial charge on any atom is 0.304 e. The molecule has 0 aromatic heterocycles. The Morgan fingerprint density at radius 3 is 2.31 bits per heavy atom. The predicted octanol–water partition coefficient (Wildman–Crippen LogP) is 1.42. The monoisotopic (exact) mass is 221 g/mol. The van der Waals surface area contributed by atoms with E-state index in [0.29, 0.717) is 6.42 Å². The summed E-state index contributed by atoms with van der Waals surface area (Å²) in [5.41, 5.74) is 1.62. The van der Waals surface area contributed by atoms with Crippen molar-refractivity contribution in [2.75, 3.05) is 5.32 Å². The molecule has 3 nitrogen and oxygen atoms in total. The second-order valence-corrected chi connectivity index (χ2v) is 3.15. The zero-order valence-corrected chi connectivity index (χ0v) is 10.3. The normalized spacial score (nSPS) is 8.75. The van der Waals surface area contributed by atoms with E-state index in [2.05, 4.69) is 5.32 Å². The SMILES string of the molecule is CC.CCCC(=O)Nc1ccc(BO)cc1. The highest BCUT2D eigenvalue weighted by Gasteiger charge is 2.00. The van der Waals surface area contributed by atoms with Crippen molar-refractivity contribution in [1.82, 2.24) is 0 Å². The van der Waals surface area contributed by atoms with Gasteiger partial charge in [-0.25, -0.2) is 0 Å². The van der Waals surface area contributed by atoms with E-state index in [-0.39, 0.29) is 13.4 Å². The second-order valence-electron chi connectivity index (χ2n) is 3.15. The van der Waals surface area contributed by atoms with Crippen LogP contribution in [0, 0.1) is 0 Å². The molecule has 1 amide bonds. The molecule has 88 valence electrons. The Morgan fingerprint density at radius 1 is 1.31 bits per heavy atom. The van der Waals surface area contributed by atoms with Crippen LogP contribution in [0.25, 0.3) is 0 Å². The molecule has 1 rings (SSSR count). The van der Waals surface area contributed by atoms with Crippen LogP contribution >= 0.6 is 0 Å². The van der Waals surface area contributed by atoms with Crippen molar-refractivity contribution in [3.8, 4) is 0 Å². The van der Waals surface area contributed by atoms with Crippen LogP contribution < -0.4 is 10.8 Å². The van der Waals surface area contributed by atoms with Crippen molar-refractivity contribution in [3.63, 3.8) is 0 Å². The maximum absolute atomic E-state index is 11.2. The van der Waals surface area contributed by atoms with E-state index in [1.165, 1.54) is 0 Å². The Kier molecular flexibility index (Phi) is 8.26. The van der Waals surface area contributed by atoms with Gasteiger partial charge in [-0.05, 0) is 18.6 Å². The van der Waals surface area contributed by atoms with Gasteiger partial charge in [0, 0.05) is 12.1 Å². The molecule has 0 heterocycles. The first-order valence-corrected chi connectivity index (χ1v) is 5.76.